The topological polar surface area (TPSA) is 32.7 Å². The van der Waals surface area contributed by atoms with Gasteiger partial charge in [0, 0.05) is 30.5 Å². The van der Waals surface area contributed by atoms with E-state index in [1.165, 1.54) is 23.9 Å². The zero-order valence-electron chi connectivity index (χ0n) is 14.8. The molecule has 3 nitrogen and oxygen atoms in total. The molecule has 0 amide bonds. The van der Waals surface area contributed by atoms with Gasteiger partial charge >= 0.3 is 0 Å². The summed E-state index contributed by atoms with van der Waals surface area (Å²) < 4.78 is 13.2. The van der Waals surface area contributed by atoms with Gasteiger partial charge < -0.3 is 4.90 Å². The van der Waals surface area contributed by atoms with Crippen molar-refractivity contribution < 1.29 is 9.18 Å². The molecule has 0 N–H and O–H groups in total. The zero-order chi connectivity index (χ0) is 18.7. The van der Waals surface area contributed by atoms with Crippen molar-refractivity contribution in [3.63, 3.8) is 0 Å². The summed E-state index contributed by atoms with van der Waals surface area (Å²) in [6.07, 6.45) is 2.04. The molecule has 1 fully saturated rings. The van der Waals surface area contributed by atoms with Gasteiger partial charge in [-0.2, -0.15) is 0 Å². The minimum Gasteiger partial charge on any atom is -0.363 e. The zero-order valence-corrected chi connectivity index (χ0v) is 16.3. The Kier molecular flexibility index (Phi) is 5.99. The van der Waals surface area contributed by atoms with E-state index in [0.29, 0.717) is 16.3 Å². The Morgan fingerprint density at radius 1 is 1.35 bits per heavy atom. The second-order valence-corrected chi connectivity index (χ2v) is 7.80. The van der Waals surface area contributed by atoms with Crippen molar-refractivity contribution in [1.29, 1.82) is 0 Å². The third-order valence-corrected chi connectivity index (χ3v) is 5.64. The van der Waals surface area contributed by atoms with Crippen LogP contribution in [0.2, 0.25) is 5.02 Å². The van der Waals surface area contributed by atoms with Crippen molar-refractivity contribution in [2.75, 3.05) is 19.3 Å². The first kappa shape index (κ1) is 18.9. The van der Waals surface area contributed by atoms with Crippen LogP contribution in [0.15, 0.2) is 46.3 Å². The van der Waals surface area contributed by atoms with Gasteiger partial charge in [-0.15, -0.1) is 11.8 Å². The Morgan fingerprint density at radius 3 is 2.85 bits per heavy atom. The fraction of sp³-hybridized carbons (Fsp3) is 0.300. The molecule has 0 unspecified atom stereocenters. The molecule has 26 heavy (non-hydrogen) atoms. The van der Waals surface area contributed by atoms with E-state index in [4.69, 9.17) is 11.6 Å². The molecule has 0 atom stereocenters. The number of ketones is 1. The van der Waals surface area contributed by atoms with E-state index in [9.17, 15) is 9.18 Å². The average molecular weight is 391 g/mol. The predicted molar refractivity (Wildman–Crippen MR) is 107 cm³/mol. The van der Waals surface area contributed by atoms with E-state index in [1.807, 2.05) is 20.0 Å². The number of rotatable bonds is 5. The van der Waals surface area contributed by atoms with Crippen molar-refractivity contribution in [1.82, 2.24) is 4.90 Å². The molecule has 0 saturated carbocycles. The van der Waals surface area contributed by atoms with Gasteiger partial charge in [0.25, 0.3) is 0 Å². The Balaban J connectivity index is 1.76. The number of likely N-dealkylation sites (tertiary alicyclic amines) is 1. The largest absolute Gasteiger partial charge is 0.363 e. The van der Waals surface area contributed by atoms with Gasteiger partial charge in [0.2, 0.25) is 0 Å². The summed E-state index contributed by atoms with van der Waals surface area (Å²) in [4.78, 5) is 20.1. The smallest absolute Gasteiger partial charge is 0.173 e. The van der Waals surface area contributed by atoms with Gasteiger partial charge in [-0.1, -0.05) is 17.7 Å². The molecular formula is C20H20ClFN2OS. The minimum absolute atomic E-state index is 0.0316. The first-order valence-corrected chi connectivity index (χ1v) is 9.81. The summed E-state index contributed by atoms with van der Waals surface area (Å²) in [5.74, 6) is 0.918. The van der Waals surface area contributed by atoms with Crippen LogP contribution >= 0.6 is 23.4 Å². The number of Topliss-reactive ketones (excluding diaryl/α,β-unsaturated/α-hetero) is 1. The number of hydrogen-bond donors (Lipinski definition) is 0. The maximum atomic E-state index is 13.2. The van der Waals surface area contributed by atoms with Gasteiger partial charge in [0.1, 0.15) is 11.7 Å². The molecule has 0 radical (unpaired) electrons. The van der Waals surface area contributed by atoms with Gasteiger partial charge in [-0.25, -0.2) is 9.38 Å². The lowest BCUT2D eigenvalue weighted by Crippen LogP contribution is -2.18. The lowest BCUT2D eigenvalue weighted by Gasteiger charge is -2.13. The molecule has 1 heterocycles. The van der Waals surface area contributed by atoms with Crippen LogP contribution in [0.5, 0.6) is 0 Å². The van der Waals surface area contributed by atoms with E-state index in [0.717, 1.165) is 35.7 Å². The SMILES string of the molecule is Cc1cc(/N=C2\CCCN2C)c(Cl)cc1C(=O)CSc1cccc(F)c1. The summed E-state index contributed by atoms with van der Waals surface area (Å²) >= 11 is 7.69. The first-order valence-electron chi connectivity index (χ1n) is 8.44. The maximum absolute atomic E-state index is 13.2. The van der Waals surface area contributed by atoms with Gasteiger partial charge in [0.05, 0.1) is 16.5 Å². The molecular weight excluding hydrogens is 371 g/mol. The fourth-order valence-electron chi connectivity index (χ4n) is 2.91. The van der Waals surface area contributed by atoms with Gasteiger partial charge in [0.15, 0.2) is 5.78 Å². The number of amidine groups is 1. The number of thioether (sulfide) groups is 1. The maximum Gasteiger partial charge on any atom is 0.173 e. The first-order chi connectivity index (χ1) is 12.4. The molecule has 1 aliphatic rings. The monoisotopic (exact) mass is 390 g/mol. The highest BCUT2D eigenvalue weighted by Crippen LogP contribution is 2.31. The third kappa shape index (κ3) is 4.46. The summed E-state index contributed by atoms with van der Waals surface area (Å²) in [5, 5.41) is 0.475. The minimum atomic E-state index is -0.304. The van der Waals surface area contributed by atoms with E-state index in [-0.39, 0.29) is 17.4 Å². The van der Waals surface area contributed by atoms with E-state index >= 15 is 0 Å². The summed E-state index contributed by atoms with van der Waals surface area (Å²) in [6, 6.07) is 9.80. The lowest BCUT2D eigenvalue weighted by atomic mass is 10.0. The van der Waals surface area contributed by atoms with Crippen molar-refractivity contribution in [2.45, 2.75) is 24.7 Å². The molecule has 2 aromatic carbocycles. The highest BCUT2D eigenvalue weighted by molar-refractivity contribution is 8.00. The number of benzene rings is 2. The molecule has 1 saturated heterocycles. The van der Waals surface area contributed by atoms with Crippen LogP contribution in [0, 0.1) is 12.7 Å². The molecule has 2 aromatic rings. The summed E-state index contributed by atoms with van der Waals surface area (Å²) in [7, 11) is 2.02. The molecule has 0 aliphatic carbocycles. The Bertz CT molecular complexity index is 869. The van der Waals surface area contributed by atoms with Crippen molar-refractivity contribution in [2.24, 2.45) is 4.99 Å². The van der Waals surface area contributed by atoms with E-state index < -0.39 is 0 Å². The number of aryl methyl sites for hydroxylation is 1. The number of aliphatic imine (C=N–C) groups is 1. The van der Waals surface area contributed by atoms with E-state index in [2.05, 4.69) is 9.89 Å². The number of hydrogen-bond acceptors (Lipinski definition) is 3. The van der Waals surface area contributed by atoms with Gasteiger partial charge in [-0.05, 0) is 49.2 Å². The lowest BCUT2D eigenvalue weighted by molar-refractivity contribution is 0.102. The van der Waals surface area contributed by atoms with Crippen LogP contribution in [0.4, 0.5) is 10.1 Å². The Labute approximate surface area is 162 Å². The number of halogens is 2. The number of carbonyl (C=O) groups is 1. The highest BCUT2D eigenvalue weighted by atomic mass is 35.5. The van der Waals surface area contributed by atoms with Gasteiger partial charge in [-0.3, -0.25) is 4.79 Å². The van der Waals surface area contributed by atoms with Crippen LogP contribution < -0.4 is 0 Å². The average Bonchev–Trinajstić information content (AvgIpc) is 3.00. The fourth-order valence-corrected chi connectivity index (χ4v) is 3.94. The molecule has 6 heteroatoms. The van der Waals surface area contributed by atoms with Crippen LogP contribution in [0.3, 0.4) is 0 Å². The molecule has 136 valence electrons. The molecule has 0 aromatic heterocycles. The number of carbonyl (C=O) groups excluding carboxylic acids is 1. The van der Waals surface area contributed by atoms with Crippen LogP contribution in [-0.4, -0.2) is 35.9 Å². The molecule has 3 rings (SSSR count). The quantitative estimate of drug-likeness (QED) is 0.498. The van der Waals surface area contributed by atoms with Crippen molar-refractivity contribution >= 4 is 40.7 Å². The second-order valence-electron chi connectivity index (χ2n) is 6.34. The molecule has 1 aliphatic heterocycles. The van der Waals surface area contributed by atoms with Crippen molar-refractivity contribution in [3.05, 3.63) is 58.4 Å². The summed E-state index contributed by atoms with van der Waals surface area (Å²) in [5.41, 5.74) is 2.13. The molecule has 0 spiro atoms. The van der Waals surface area contributed by atoms with E-state index in [1.54, 1.807) is 18.2 Å². The Morgan fingerprint density at radius 2 is 2.15 bits per heavy atom. The van der Waals surface area contributed by atoms with Crippen LogP contribution in [-0.2, 0) is 0 Å². The molecule has 0 bridgehead atoms. The van der Waals surface area contributed by atoms with Crippen LogP contribution in [0.25, 0.3) is 0 Å². The second kappa shape index (κ2) is 8.23. The third-order valence-electron chi connectivity index (χ3n) is 4.34. The highest BCUT2D eigenvalue weighted by Gasteiger charge is 2.17. The summed E-state index contributed by atoms with van der Waals surface area (Å²) in [6.45, 7) is 2.89. The standard InChI is InChI=1S/C20H20ClFN2OS/c1-13-9-18(23-20-7-4-8-24(20)2)17(21)11-16(13)19(25)12-26-15-6-3-5-14(22)10-15/h3,5-6,9-11H,4,7-8,12H2,1-2H3/b23-20+. The number of nitrogens with zero attached hydrogens (tertiary/aromatic N) is 2. The van der Waals surface area contributed by atoms with Crippen molar-refractivity contribution in [3.8, 4) is 0 Å². The Hall–Kier alpha value is -1.85. The normalized spacial score (nSPS) is 15.7. The van der Waals surface area contributed by atoms with Crippen LogP contribution in [0.1, 0.15) is 28.8 Å². The predicted octanol–water partition coefficient (Wildman–Crippen LogP) is 5.52.